The Morgan fingerprint density at radius 3 is 2.88 bits per heavy atom. The van der Waals surface area contributed by atoms with E-state index in [9.17, 15) is 4.79 Å². The third-order valence-corrected chi connectivity index (χ3v) is 3.45. The summed E-state index contributed by atoms with van der Waals surface area (Å²) in [5, 5.41) is 2.85. The molecule has 2 heterocycles. The van der Waals surface area contributed by atoms with Crippen molar-refractivity contribution in [2.24, 2.45) is 5.92 Å². The summed E-state index contributed by atoms with van der Waals surface area (Å²) in [6.07, 6.45) is 1.71. The van der Waals surface area contributed by atoms with Crippen molar-refractivity contribution in [1.82, 2.24) is 9.97 Å². The van der Waals surface area contributed by atoms with Gasteiger partial charge >= 0.3 is 0 Å². The molecular formula is C12H16N2OS. The van der Waals surface area contributed by atoms with Gasteiger partial charge in [-0.25, -0.2) is 4.98 Å². The molecule has 0 aliphatic heterocycles. The normalized spacial score (nSPS) is 11.5. The van der Waals surface area contributed by atoms with Gasteiger partial charge in [-0.05, 0) is 23.3 Å². The Labute approximate surface area is 98.5 Å². The van der Waals surface area contributed by atoms with Gasteiger partial charge in [-0.2, -0.15) is 0 Å². The van der Waals surface area contributed by atoms with Gasteiger partial charge in [0.2, 0.25) is 0 Å². The molecule has 16 heavy (non-hydrogen) atoms. The molecule has 0 atom stereocenters. The molecule has 2 rings (SSSR count). The number of aromatic nitrogens is 2. The van der Waals surface area contributed by atoms with Crippen LogP contribution < -0.4 is 5.56 Å². The van der Waals surface area contributed by atoms with Gasteiger partial charge in [-0.3, -0.25) is 4.79 Å². The number of thiophene rings is 1. The molecule has 0 aliphatic rings. The van der Waals surface area contributed by atoms with Gasteiger partial charge in [0.1, 0.15) is 10.7 Å². The third-order valence-electron chi connectivity index (χ3n) is 2.53. The number of H-pyrrole nitrogens is 1. The molecule has 2 aromatic rings. The smallest absolute Gasteiger partial charge is 0.259 e. The molecule has 2 aromatic heterocycles. The standard InChI is InChI=1S/C12H16N2OS/c1-4-9-13-11(15)10-8(5-7(2)3)6-16-12(10)14-9/h6-7H,4-5H2,1-3H3,(H,13,14,15). The highest BCUT2D eigenvalue weighted by Gasteiger charge is 2.11. The first-order valence-corrected chi connectivity index (χ1v) is 6.49. The van der Waals surface area contributed by atoms with Crippen molar-refractivity contribution in [1.29, 1.82) is 0 Å². The Balaban J connectivity index is 2.59. The fourth-order valence-electron chi connectivity index (χ4n) is 1.81. The Hall–Kier alpha value is -1.16. The van der Waals surface area contributed by atoms with E-state index in [2.05, 4.69) is 29.2 Å². The zero-order valence-corrected chi connectivity index (χ0v) is 10.6. The molecule has 0 saturated carbocycles. The van der Waals surface area contributed by atoms with Crippen LogP contribution in [-0.2, 0) is 12.8 Å². The van der Waals surface area contributed by atoms with Gasteiger partial charge in [-0.1, -0.05) is 20.8 Å². The lowest BCUT2D eigenvalue weighted by Gasteiger charge is -2.02. The second-order valence-corrected chi connectivity index (χ2v) is 5.26. The lowest BCUT2D eigenvalue weighted by molar-refractivity contribution is 0.651. The van der Waals surface area contributed by atoms with E-state index in [1.165, 1.54) is 0 Å². The van der Waals surface area contributed by atoms with Crippen molar-refractivity contribution in [2.75, 3.05) is 0 Å². The highest BCUT2D eigenvalue weighted by Crippen LogP contribution is 2.23. The maximum absolute atomic E-state index is 11.9. The van der Waals surface area contributed by atoms with Crippen LogP contribution >= 0.6 is 11.3 Å². The third kappa shape index (κ3) is 2.02. The molecule has 0 aliphatic carbocycles. The van der Waals surface area contributed by atoms with E-state index in [1.807, 2.05) is 6.92 Å². The van der Waals surface area contributed by atoms with Crippen LogP contribution in [0.15, 0.2) is 10.2 Å². The molecule has 4 heteroatoms. The summed E-state index contributed by atoms with van der Waals surface area (Å²) in [4.78, 5) is 20.1. The number of aryl methyl sites for hydroxylation is 1. The maximum atomic E-state index is 11.9. The minimum atomic E-state index is 0.0127. The lowest BCUT2D eigenvalue weighted by Crippen LogP contribution is -2.11. The van der Waals surface area contributed by atoms with Crippen molar-refractivity contribution in [2.45, 2.75) is 33.6 Å². The van der Waals surface area contributed by atoms with Crippen LogP contribution in [0.25, 0.3) is 10.2 Å². The zero-order chi connectivity index (χ0) is 11.7. The molecular weight excluding hydrogens is 220 g/mol. The number of nitrogens with zero attached hydrogens (tertiary/aromatic N) is 1. The number of aromatic amines is 1. The molecule has 0 radical (unpaired) electrons. The summed E-state index contributed by atoms with van der Waals surface area (Å²) < 4.78 is 0. The minimum Gasteiger partial charge on any atom is -0.310 e. The monoisotopic (exact) mass is 236 g/mol. The summed E-state index contributed by atoms with van der Waals surface area (Å²) in [5.41, 5.74) is 1.14. The van der Waals surface area contributed by atoms with Crippen LogP contribution in [0.4, 0.5) is 0 Å². The highest BCUT2D eigenvalue weighted by molar-refractivity contribution is 7.16. The Morgan fingerprint density at radius 2 is 2.25 bits per heavy atom. The predicted octanol–water partition coefficient (Wildman–Crippen LogP) is 2.75. The highest BCUT2D eigenvalue weighted by atomic mass is 32.1. The van der Waals surface area contributed by atoms with Crippen molar-refractivity contribution in [3.8, 4) is 0 Å². The topological polar surface area (TPSA) is 45.8 Å². The van der Waals surface area contributed by atoms with Gasteiger partial charge in [0, 0.05) is 6.42 Å². The number of nitrogens with one attached hydrogen (secondary N) is 1. The first-order valence-electron chi connectivity index (χ1n) is 5.61. The van der Waals surface area contributed by atoms with Crippen molar-refractivity contribution in [3.05, 3.63) is 27.1 Å². The first-order chi connectivity index (χ1) is 7.61. The van der Waals surface area contributed by atoms with Crippen LogP contribution in [-0.4, -0.2) is 9.97 Å². The van der Waals surface area contributed by atoms with E-state index in [-0.39, 0.29) is 5.56 Å². The fraction of sp³-hybridized carbons (Fsp3) is 0.500. The number of hydrogen-bond acceptors (Lipinski definition) is 3. The van der Waals surface area contributed by atoms with Crippen molar-refractivity contribution in [3.63, 3.8) is 0 Å². The second kappa shape index (κ2) is 4.37. The van der Waals surface area contributed by atoms with E-state index in [0.717, 1.165) is 34.4 Å². The summed E-state index contributed by atoms with van der Waals surface area (Å²) in [7, 11) is 0. The molecule has 0 spiro atoms. The SMILES string of the molecule is CCc1nc2scc(CC(C)C)c2c(=O)[nH]1. The van der Waals surface area contributed by atoms with Gasteiger partial charge in [-0.15, -0.1) is 11.3 Å². The summed E-state index contributed by atoms with van der Waals surface area (Å²) in [5.74, 6) is 1.33. The maximum Gasteiger partial charge on any atom is 0.259 e. The molecule has 0 amide bonds. The summed E-state index contributed by atoms with van der Waals surface area (Å²) in [6, 6.07) is 0. The van der Waals surface area contributed by atoms with E-state index in [4.69, 9.17) is 0 Å². The molecule has 1 N–H and O–H groups in total. The van der Waals surface area contributed by atoms with Crippen LogP contribution in [0.5, 0.6) is 0 Å². The fourth-order valence-corrected chi connectivity index (χ4v) is 2.78. The lowest BCUT2D eigenvalue weighted by atomic mass is 10.0. The van der Waals surface area contributed by atoms with Crippen LogP contribution in [0.3, 0.4) is 0 Å². The minimum absolute atomic E-state index is 0.0127. The predicted molar refractivity (Wildman–Crippen MR) is 68.2 cm³/mol. The van der Waals surface area contributed by atoms with Gasteiger partial charge in [0.15, 0.2) is 0 Å². The molecule has 0 aromatic carbocycles. The first kappa shape index (κ1) is 11.3. The molecule has 0 fully saturated rings. The molecule has 0 bridgehead atoms. The Kier molecular flexibility index (Phi) is 3.10. The molecule has 3 nitrogen and oxygen atoms in total. The van der Waals surface area contributed by atoms with Gasteiger partial charge in [0.25, 0.3) is 5.56 Å². The zero-order valence-electron chi connectivity index (χ0n) is 9.83. The van der Waals surface area contributed by atoms with Crippen molar-refractivity contribution < 1.29 is 0 Å². The summed E-state index contributed by atoms with van der Waals surface area (Å²) in [6.45, 7) is 6.31. The second-order valence-electron chi connectivity index (χ2n) is 4.41. The van der Waals surface area contributed by atoms with Gasteiger partial charge in [0.05, 0.1) is 5.39 Å². The van der Waals surface area contributed by atoms with Crippen LogP contribution in [0.2, 0.25) is 0 Å². The number of fused-ring (bicyclic) bond motifs is 1. The largest absolute Gasteiger partial charge is 0.310 e. The Bertz CT molecular complexity index is 554. The van der Waals surface area contributed by atoms with Crippen molar-refractivity contribution >= 4 is 21.6 Å². The number of rotatable bonds is 3. The Morgan fingerprint density at radius 1 is 1.50 bits per heavy atom. The number of hydrogen-bond donors (Lipinski definition) is 1. The van der Waals surface area contributed by atoms with Crippen LogP contribution in [0.1, 0.15) is 32.2 Å². The molecule has 0 unspecified atom stereocenters. The van der Waals surface area contributed by atoms with E-state index >= 15 is 0 Å². The van der Waals surface area contributed by atoms with Crippen LogP contribution in [0, 0.1) is 5.92 Å². The average Bonchev–Trinajstić information content (AvgIpc) is 2.60. The molecule has 0 saturated heterocycles. The summed E-state index contributed by atoms with van der Waals surface area (Å²) >= 11 is 1.57. The average molecular weight is 236 g/mol. The van der Waals surface area contributed by atoms with Gasteiger partial charge < -0.3 is 4.98 Å². The molecule has 86 valence electrons. The van der Waals surface area contributed by atoms with E-state index < -0.39 is 0 Å². The van der Waals surface area contributed by atoms with E-state index in [1.54, 1.807) is 11.3 Å². The quantitative estimate of drug-likeness (QED) is 0.890. The van der Waals surface area contributed by atoms with E-state index in [0.29, 0.717) is 5.92 Å².